The van der Waals surface area contributed by atoms with Crippen LogP contribution in [0.5, 0.6) is 0 Å². The number of hydrogen-bond donors (Lipinski definition) is 3. The van der Waals surface area contributed by atoms with Crippen molar-refractivity contribution in [1.82, 2.24) is 10.6 Å². The highest BCUT2D eigenvalue weighted by atomic mass is 16.2. The summed E-state index contributed by atoms with van der Waals surface area (Å²) in [5.41, 5.74) is 5.44. The quantitative estimate of drug-likeness (QED) is 0.658. The van der Waals surface area contributed by atoms with Crippen molar-refractivity contribution in [3.8, 4) is 0 Å². The first-order chi connectivity index (χ1) is 7.89. The predicted octanol–water partition coefficient (Wildman–Crippen LogP) is 1.85. The van der Waals surface area contributed by atoms with Crippen molar-refractivity contribution in [3.05, 3.63) is 0 Å². The number of amides is 2. The molecule has 0 aromatic carbocycles. The van der Waals surface area contributed by atoms with Crippen molar-refractivity contribution in [2.24, 2.45) is 17.1 Å². The molecule has 0 spiro atoms. The fourth-order valence-electron chi connectivity index (χ4n) is 2.63. The molecule has 0 saturated heterocycles. The Morgan fingerprint density at radius 3 is 2.24 bits per heavy atom. The van der Waals surface area contributed by atoms with Crippen LogP contribution in [-0.4, -0.2) is 25.2 Å². The molecule has 0 atom stereocenters. The third-order valence-corrected chi connectivity index (χ3v) is 3.81. The van der Waals surface area contributed by atoms with E-state index < -0.39 is 6.03 Å². The van der Waals surface area contributed by atoms with Gasteiger partial charge in [0.05, 0.1) is 0 Å². The minimum absolute atomic E-state index is 0.441. The highest BCUT2D eigenvalue weighted by Gasteiger charge is 2.29. The first-order valence-electron chi connectivity index (χ1n) is 6.66. The lowest BCUT2D eigenvalue weighted by atomic mass is 9.71. The summed E-state index contributed by atoms with van der Waals surface area (Å²) in [4.78, 5) is 10.5. The van der Waals surface area contributed by atoms with Gasteiger partial charge in [0.2, 0.25) is 0 Å². The fourth-order valence-corrected chi connectivity index (χ4v) is 2.63. The maximum Gasteiger partial charge on any atom is 0.312 e. The number of nitrogens with two attached hydrogens (primary N) is 1. The topological polar surface area (TPSA) is 67.2 Å². The molecule has 0 aromatic heterocycles. The van der Waals surface area contributed by atoms with Gasteiger partial charge in [0, 0.05) is 19.1 Å². The van der Waals surface area contributed by atoms with Crippen LogP contribution in [0.25, 0.3) is 0 Å². The molecule has 0 aliphatic heterocycles. The Kier molecular flexibility index (Phi) is 5.25. The SMILES string of the molecule is CC(C)(C)C1CCC(NCCNC(N)=O)CC1. The van der Waals surface area contributed by atoms with E-state index in [1.54, 1.807) is 0 Å². The van der Waals surface area contributed by atoms with Gasteiger partial charge in [-0.15, -0.1) is 0 Å². The lowest BCUT2D eigenvalue weighted by Gasteiger charge is -2.37. The molecule has 0 aromatic rings. The normalized spacial score (nSPS) is 25.6. The molecule has 0 bridgehead atoms. The van der Waals surface area contributed by atoms with Crippen LogP contribution in [0.1, 0.15) is 46.5 Å². The Hall–Kier alpha value is -0.770. The zero-order valence-electron chi connectivity index (χ0n) is 11.4. The van der Waals surface area contributed by atoms with Crippen LogP contribution in [0, 0.1) is 11.3 Å². The Labute approximate surface area is 105 Å². The summed E-state index contributed by atoms with van der Waals surface area (Å²) < 4.78 is 0. The van der Waals surface area contributed by atoms with Crippen LogP contribution in [-0.2, 0) is 0 Å². The lowest BCUT2D eigenvalue weighted by molar-refractivity contribution is 0.160. The molecule has 4 nitrogen and oxygen atoms in total. The van der Waals surface area contributed by atoms with E-state index in [1.807, 2.05) is 0 Å². The fraction of sp³-hybridized carbons (Fsp3) is 0.923. The van der Waals surface area contributed by atoms with E-state index in [-0.39, 0.29) is 0 Å². The monoisotopic (exact) mass is 241 g/mol. The minimum Gasteiger partial charge on any atom is -0.352 e. The van der Waals surface area contributed by atoms with Gasteiger partial charge in [-0.1, -0.05) is 20.8 Å². The molecule has 0 unspecified atom stereocenters. The summed E-state index contributed by atoms with van der Waals surface area (Å²) in [6, 6.07) is 0.173. The van der Waals surface area contributed by atoms with Crippen LogP contribution < -0.4 is 16.4 Å². The second kappa shape index (κ2) is 6.24. The first-order valence-corrected chi connectivity index (χ1v) is 6.66. The van der Waals surface area contributed by atoms with Crippen molar-refractivity contribution < 1.29 is 4.79 Å². The molecule has 100 valence electrons. The average molecular weight is 241 g/mol. The van der Waals surface area contributed by atoms with E-state index in [1.165, 1.54) is 25.7 Å². The van der Waals surface area contributed by atoms with E-state index >= 15 is 0 Å². The Morgan fingerprint density at radius 1 is 1.18 bits per heavy atom. The number of urea groups is 1. The van der Waals surface area contributed by atoms with Crippen LogP contribution in [0.2, 0.25) is 0 Å². The second-order valence-electron chi connectivity index (χ2n) is 6.16. The van der Waals surface area contributed by atoms with Crippen LogP contribution in [0.15, 0.2) is 0 Å². The molecule has 4 heteroatoms. The molecule has 1 saturated carbocycles. The molecule has 17 heavy (non-hydrogen) atoms. The van der Waals surface area contributed by atoms with Crippen molar-refractivity contribution in [1.29, 1.82) is 0 Å². The van der Waals surface area contributed by atoms with Crippen molar-refractivity contribution in [2.45, 2.75) is 52.5 Å². The van der Waals surface area contributed by atoms with Crippen molar-refractivity contribution in [3.63, 3.8) is 0 Å². The van der Waals surface area contributed by atoms with Gasteiger partial charge in [-0.05, 0) is 37.0 Å². The largest absolute Gasteiger partial charge is 0.352 e. The Bertz CT molecular complexity index is 240. The lowest BCUT2D eigenvalue weighted by Crippen LogP contribution is -2.41. The minimum atomic E-state index is -0.441. The highest BCUT2D eigenvalue weighted by Crippen LogP contribution is 2.37. The zero-order chi connectivity index (χ0) is 12.9. The van der Waals surface area contributed by atoms with Crippen molar-refractivity contribution in [2.75, 3.05) is 13.1 Å². The summed E-state index contributed by atoms with van der Waals surface area (Å²) in [5.74, 6) is 0.851. The molecule has 0 heterocycles. The van der Waals surface area contributed by atoms with Crippen molar-refractivity contribution >= 4 is 6.03 Å². The summed E-state index contributed by atoms with van der Waals surface area (Å²) in [5, 5.41) is 6.07. The zero-order valence-corrected chi connectivity index (χ0v) is 11.4. The van der Waals surface area contributed by atoms with Gasteiger partial charge in [0.25, 0.3) is 0 Å². The summed E-state index contributed by atoms with van der Waals surface area (Å²) >= 11 is 0. The smallest absolute Gasteiger partial charge is 0.312 e. The number of nitrogens with one attached hydrogen (secondary N) is 2. The van der Waals surface area contributed by atoms with Gasteiger partial charge in [-0.25, -0.2) is 4.79 Å². The van der Waals surface area contributed by atoms with Gasteiger partial charge in [0.15, 0.2) is 0 Å². The Balaban J connectivity index is 2.13. The van der Waals surface area contributed by atoms with E-state index in [4.69, 9.17) is 5.73 Å². The summed E-state index contributed by atoms with van der Waals surface area (Å²) in [7, 11) is 0. The second-order valence-corrected chi connectivity index (χ2v) is 6.16. The Morgan fingerprint density at radius 2 is 1.76 bits per heavy atom. The van der Waals surface area contributed by atoms with E-state index in [0.717, 1.165) is 12.5 Å². The number of primary amides is 1. The standard InChI is InChI=1S/C13H27N3O/c1-13(2,3)10-4-6-11(7-5-10)15-8-9-16-12(14)17/h10-11,15H,4-9H2,1-3H3,(H3,14,16,17). The molecule has 0 radical (unpaired) electrons. The first kappa shape index (κ1) is 14.3. The molecule has 1 aliphatic rings. The molecular weight excluding hydrogens is 214 g/mol. The number of carbonyl (C=O) groups is 1. The van der Waals surface area contributed by atoms with Gasteiger partial charge in [-0.3, -0.25) is 0 Å². The van der Waals surface area contributed by atoms with Gasteiger partial charge in [0.1, 0.15) is 0 Å². The van der Waals surface area contributed by atoms with Gasteiger partial charge < -0.3 is 16.4 Å². The van der Waals surface area contributed by atoms with E-state index in [9.17, 15) is 4.79 Å². The maximum absolute atomic E-state index is 10.5. The van der Waals surface area contributed by atoms with Crippen LogP contribution >= 0.6 is 0 Å². The molecule has 1 fully saturated rings. The van der Waals surface area contributed by atoms with Gasteiger partial charge >= 0.3 is 6.03 Å². The summed E-state index contributed by atoms with van der Waals surface area (Å²) in [6.45, 7) is 8.44. The summed E-state index contributed by atoms with van der Waals surface area (Å²) in [6.07, 6.45) is 5.12. The molecule has 2 amide bonds. The molecule has 4 N–H and O–H groups in total. The van der Waals surface area contributed by atoms with Gasteiger partial charge in [-0.2, -0.15) is 0 Å². The number of carbonyl (C=O) groups excluding carboxylic acids is 1. The van der Waals surface area contributed by atoms with Crippen LogP contribution in [0.3, 0.4) is 0 Å². The number of hydrogen-bond acceptors (Lipinski definition) is 2. The van der Waals surface area contributed by atoms with E-state index in [2.05, 4.69) is 31.4 Å². The highest BCUT2D eigenvalue weighted by molar-refractivity contribution is 5.71. The average Bonchev–Trinajstić information content (AvgIpc) is 2.23. The third-order valence-electron chi connectivity index (χ3n) is 3.81. The van der Waals surface area contributed by atoms with Crippen LogP contribution in [0.4, 0.5) is 4.79 Å². The molecule has 1 aliphatic carbocycles. The third kappa shape index (κ3) is 5.39. The maximum atomic E-state index is 10.5. The van der Waals surface area contributed by atoms with E-state index in [0.29, 0.717) is 18.0 Å². The predicted molar refractivity (Wildman–Crippen MR) is 70.8 cm³/mol. The molecular formula is C13H27N3O. The number of rotatable bonds is 4. The molecule has 1 rings (SSSR count).